The third kappa shape index (κ3) is 3.50. The van der Waals surface area contributed by atoms with E-state index in [1.54, 1.807) is 0 Å². The number of thiophene rings is 1. The highest BCUT2D eigenvalue weighted by Crippen LogP contribution is 2.31. The molecule has 0 saturated heterocycles. The fraction of sp³-hybridized carbons (Fsp3) is 0.562. The van der Waals surface area contributed by atoms with Crippen LogP contribution >= 0.6 is 22.9 Å². The van der Waals surface area contributed by atoms with Gasteiger partial charge in [-0.2, -0.15) is 5.10 Å². The van der Waals surface area contributed by atoms with E-state index in [0.717, 1.165) is 42.3 Å². The van der Waals surface area contributed by atoms with Crippen molar-refractivity contribution in [2.24, 2.45) is 0 Å². The highest BCUT2D eigenvalue weighted by atomic mass is 35.5. The number of halogens is 1. The average molecular weight is 326 g/mol. The van der Waals surface area contributed by atoms with E-state index < -0.39 is 0 Å². The molecule has 1 N–H and O–H groups in total. The predicted molar refractivity (Wildman–Crippen MR) is 91.5 cm³/mol. The van der Waals surface area contributed by atoms with Gasteiger partial charge in [0.2, 0.25) is 0 Å². The molecule has 21 heavy (non-hydrogen) atoms. The van der Waals surface area contributed by atoms with Crippen LogP contribution in [-0.4, -0.2) is 16.3 Å². The van der Waals surface area contributed by atoms with Gasteiger partial charge in [-0.1, -0.05) is 25.4 Å². The molecule has 1 unspecified atom stereocenters. The molecular formula is C16H24ClN3S. The van der Waals surface area contributed by atoms with Crippen LogP contribution in [0.5, 0.6) is 0 Å². The molecule has 2 aromatic rings. The van der Waals surface area contributed by atoms with Crippen molar-refractivity contribution >= 4 is 22.9 Å². The van der Waals surface area contributed by atoms with Crippen LogP contribution < -0.4 is 5.32 Å². The number of nitrogens with zero attached hydrogens (tertiary/aromatic N) is 2. The smallest absolute Gasteiger partial charge is 0.0847 e. The van der Waals surface area contributed by atoms with Gasteiger partial charge in [0.1, 0.15) is 0 Å². The van der Waals surface area contributed by atoms with E-state index in [0.29, 0.717) is 6.04 Å². The van der Waals surface area contributed by atoms with Crippen LogP contribution in [-0.2, 0) is 19.4 Å². The second kappa shape index (κ2) is 7.43. The third-order valence-corrected chi connectivity index (χ3v) is 5.34. The van der Waals surface area contributed by atoms with E-state index in [4.69, 9.17) is 11.6 Å². The molecule has 0 aliphatic carbocycles. The van der Waals surface area contributed by atoms with Crippen molar-refractivity contribution in [3.05, 3.63) is 38.3 Å². The molecule has 5 heteroatoms. The second-order valence-electron chi connectivity index (χ2n) is 5.14. The summed E-state index contributed by atoms with van der Waals surface area (Å²) in [6.45, 7) is 10.2. The van der Waals surface area contributed by atoms with Gasteiger partial charge in [-0.15, -0.1) is 11.3 Å². The Balaban J connectivity index is 2.33. The maximum absolute atomic E-state index is 6.46. The quantitative estimate of drug-likeness (QED) is 0.818. The number of aryl methyl sites for hydroxylation is 3. The topological polar surface area (TPSA) is 29.9 Å². The molecule has 0 fully saturated rings. The lowest BCUT2D eigenvalue weighted by Crippen LogP contribution is -2.24. The van der Waals surface area contributed by atoms with Crippen molar-refractivity contribution in [3.63, 3.8) is 0 Å². The van der Waals surface area contributed by atoms with Gasteiger partial charge in [0, 0.05) is 23.9 Å². The SMILES string of the molecule is CCNC(Cc1c(Cl)c(C)nn1CC)c1sccc1CC. The first-order chi connectivity index (χ1) is 10.1. The molecule has 1 atom stereocenters. The van der Waals surface area contributed by atoms with Crippen LogP contribution in [0.3, 0.4) is 0 Å². The monoisotopic (exact) mass is 325 g/mol. The highest BCUT2D eigenvalue weighted by Gasteiger charge is 2.21. The minimum Gasteiger partial charge on any atom is -0.309 e. The first-order valence-corrected chi connectivity index (χ1v) is 8.89. The van der Waals surface area contributed by atoms with Crippen molar-refractivity contribution < 1.29 is 0 Å². The van der Waals surface area contributed by atoms with Crippen LogP contribution in [0.25, 0.3) is 0 Å². The molecule has 3 nitrogen and oxygen atoms in total. The Hall–Kier alpha value is -0.840. The summed E-state index contributed by atoms with van der Waals surface area (Å²) in [5.41, 5.74) is 3.49. The van der Waals surface area contributed by atoms with E-state index in [9.17, 15) is 0 Å². The average Bonchev–Trinajstić information content (AvgIpc) is 3.06. The number of hydrogen-bond donors (Lipinski definition) is 1. The summed E-state index contributed by atoms with van der Waals surface area (Å²) >= 11 is 8.30. The first kappa shape index (κ1) is 16.5. The number of rotatable bonds is 7. The molecule has 2 aromatic heterocycles. The van der Waals surface area contributed by atoms with Gasteiger partial charge >= 0.3 is 0 Å². The minimum absolute atomic E-state index is 0.309. The van der Waals surface area contributed by atoms with Crippen molar-refractivity contribution in [3.8, 4) is 0 Å². The lowest BCUT2D eigenvalue weighted by atomic mass is 10.0. The van der Waals surface area contributed by atoms with Crippen molar-refractivity contribution in [1.82, 2.24) is 15.1 Å². The van der Waals surface area contributed by atoms with Crippen LogP contribution in [0, 0.1) is 6.92 Å². The zero-order valence-corrected chi connectivity index (χ0v) is 14.8. The predicted octanol–water partition coefficient (Wildman–Crippen LogP) is 4.38. The van der Waals surface area contributed by atoms with Crippen molar-refractivity contribution in [2.75, 3.05) is 6.54 Å². The Morgan fingerprint density at radius 3 is 2.76 bits per heavy atom. The molecule has 2 heterocycles. The zero-order chi connectivity index (χ0) is 15.4. The molecule has 0 spiro atoms. The minimum atomic E-state index is 0.309. The molecule has 0 aliphatic heterocycles. The number of hydrogen-bond acceptors (Lipinski definition) is 3. The fourth-order valence-electron chi connectivity index (χ4n) is 2.71. The summed E-state index contributed by atoms with van der Waals surface area (Å²) in [6, 6.07) is 2.54. The molecule has 0 saturated carbocycles. The Kier molecular flexibility index (Phi) is 5.85. The van der Waals surface area contributed by atoms with Gasteiger partial charge < -0.3 is 5.32 Å². The van der Waals surface area contributed by atoms with Gasteiger partial charge in [0.15, 0.2) is 0 Å². The number of likely N-dealkylation sites (N-methyl/N-ethyl adjacent to an activating group) is 1. The van der Waals surface area contributed by atoms with E-state index in [-0.39, 0.29) is 0 Å². The first-order valence-electron chi connectivity index (χ1n) is 7.63. The summed E-state index contributed by atoms with van der Waals surface area (Å²) in [6.07, 6.45) is 1.95. The van der Waals surface area contributed by atoms with Gasteiger partial charge in [-0.3, -0.25) is 4.68 Å². The van der Waals surface area contributed by atoms with Crippen molar-refractivity contribution in [1.29, 1.82) is 0 Å². The van der Waals surface area contributed by atoms with E-state index in [2.05, 4.69) is 42.6 Å². The molecule has 0 radical (unpaired) electrons. The molecular weight excluding hydrogens is 302 g/mol. The Bertz CT molecular complexity index is 588. The maximum atomic E-state index is 6.46. The Morgan fingerprint density at radius 2 is 2.14 bits per heavy atom. The zero-order valence-electron chi connectivity index (χ0n) is 13.2. The van der Waals surface area contributed by atoms with Gasteiger partial charge in [-0.05, 0) is 43.8 Å². The summed E-state index contributed by atoms with van der Waals surface area (Å²) in [4.78, 5) is 1.43. The molecule has 0 bridgehead atoms. The Morgan fingerprint density at radius 1 is 1.38 bits per heavy atom. The van der Waals surface area contributed by atoms with Gasteiger partial charge in [0.05, 0.1) is 16.4 Å². The maximum Gasteiger partial charge on any atom is 0.0847 e. The van der Waals surface area contributed by atoms with Crippen molar-refractivity contribution in [2.45, 2.75) is 53.1 Å². The van der Waals surface area contributed by atoms with E-state index >= 15 is 0 Å². The van der Waals surface area contributed by atoms with Gasteiger partial charge in [-0.25, -0.2) is 0 Å². The summed E-state index contributed by atoms with van der Waals surface area (Å²) in [7, 11) is 0. The summed E-state index contributed by atoms with van der Waals surface area (Å²) in [5, 5.41) is 11.1. The van der Waals surface area contributed by atoms with E-state index in [1.165, 1.54) is 10.4 Å². The molecule has 0 amide bonds. The van der Waals surface area contributed by atoms with Crippen LogP contribution in [0.4, 0.5) is 0 Å². The highest BCUT2D eigenvalue weighted by molar-refractivity contribution is 7.10. The van der Waals surface area contributed by atoms with Crippen LogP contribution in [0.1, 0.15) is 48.6 Å². The standard InChI is InChI=1S/C16H24ClN3S/c1-5-12-8-9-21-16(12)13(18-6-2)10-14-15(17)11(4)19-20(14)7-3/h8-9,13,18H,5-7,10H2,1-4H3. The normalized spacial score (nSPS) is 12.8. The Labute approximate surface area is 136 Å². The summed E-state index contributed by atoms with van der Waals surface area (Å²) in [5.74, 6) is 0. The molecule has 116 valence electrons. The number of nitrogens with one attached hydrogen (secondary N) is 1. The fourth-order valence-corrected chi connectivity index (χ4v) is 3.99. The van der Waals surface area contributed by atoms with E-state index in [1.807, 2.05) is 22.9 Å². The van der Waals surface area contributed by atoms with Crippen LogP contribution in [0.2, 0.25) is 5.02 Å². The lowest BCUT2D eigenvalue weighted by Gasteiger charge is -2.19. The second-order valence-corrected chi connectivity index (χ2v) is 6.47. The molecule has 0 aromatic carbocycles. The largest absolute Gasteiger partial charge is 0.309 e. The molecule has 2 rings (SSSR count). The van der Waals surface area contributed by atoms with Crippen LogP contribution in [0.15, 0.2) is 11.4 Å². The lowest BCUT2D eigenvalue weighted by molar-refractivity contribution is 0.520. The van der Waals surface area contributed by atoms with Gasteiger partial charge in [0.25, 0.3) is 0 Å². The number of aromatic nitrogens is 2. The third-order valence-electron chi connectivity index (χ3n) is 3.78. The molecule has 0 aliphatic rings. The summed E-state index contributed by atoms with van der Waals surface area (Å²) < 4.78 is 2.03.